The van der Waals surface area contributed by atoms with Gasteiger partial charge in [0.1, 0.15) is 12.4 Å². The number of ether oxygens (including phenoxy) is 1. The van der Waals surface area contributed by atoms with Crippen LogP contribution in [0.2, 0.25) is 0 Å². The Balaban J connectivity index is 1.70. The van der Waals surface area contributed by atoms with E-state index in [1.54, 1.807) is 17.6 Å². The molecule has 0 radical (unpaired) electrons. The predicted molar refractivity (Wildman–Crippen MR) is 114 cm³/mol. The molecule has 4 heterocycles. The fraction of sp³-hybridized carbons (Fsp3) is 0.304. The van der Waals surface area contributed by atoms with Crippen LogP contribution in [-0.4, -0.2) is 27.0 Å². The molecule has 0 unspecified atom stereocenters. The zero-order chi connectivity index (χ0) is 22.3. The van der Waals surface area contributed by atoms with Gasteiger partial charge in [0.05, 0.1) is 41.4 Å². The van der Waals surface area contributed by atoms with E-state index in [9.17, 15) is 19.1 Å². The smallest absolute Gasteiger partial charge is 0.340 e. The monoisotopic (exact) mass is 434 g/mol. The fourth-order valence-corrected chi connectivity index (χ4v) is 5.33. The Labute approximate surface area is 181 Å². The van der Waals surface area contributed by atoms with Crippen LogP contribution < -0.4 is 11.3 Å². The standard InChI is InChI=1S/C23H19FN4O4/c1-9-10-2-3-15(26-8-25)19-12-6-28-17(20(12)27-16(18(10)19)5-14(9)24)4-11-13(22(28)30)7-32-23(31)21(11)29/h4-5,8,15,21,29H,2-3,6-7H2,1H3,(H2,25,26)/t15-,21-/m0/s1. The van der Waals surface area contributed by atoms with Crippen LogP contribution in [-0.2, 0) is 29.1 Å². The summed E-state index contributed by atoms with van der Waals surface area (Å²) in [6.07, 6.45) is 1.07. The third-order valence-corrected chi connectivity index (χ3v) is 6.88. The van der Waals surface area contributed by atoms with Crippen LogP contribution in [0.3, 0.4) is 0 Å². The van der Waals surface area contributed by atoms with Crippen molar-refractivity contribution < 1.29 is 19.0 Å². The average Bonchev–Trinajstić information content (AvgIpc) is 3.14. The number of pyridine rings is 2. The van der Waals surface area contributed by atoms with E-state index in [0.717, 1.165) is 22.1 Å². The van der Waals surface area contributed by atoms with Gasteiger partial charge < -0.3 is 20.1 Å². The van der Waals surface area contributed by atoms with Gasteiger partial charge in [0.25, 0.3) is 5.56 Å². The molecule has 0 spiro atoms. The molecule has 2 atom stereocenters. The fourth-order valence-electron chi connectivity index (χ4n) is 5.33. The van der Waals surface area contributed by atoms with Gasteiger partial charge in [-0.25, -0.2) is 14.2 Å². The van der Waals surface area contributed by atoms with Crippen molar-refractivity contribution in [3.05, 3.63) is 61.7 Å². The molecule has 1 aliphatic carbocycles. The summed E-state index contributed by atoms with van der Waals surface area (Å²) in [7, 11) is 0. The maximum absolute atomic E-state index is 14.7. The largest absolute Gasteiger partial charge is 0.458 e. The van der Waals surface area contributed by atoms with E-state index in [2.05, 4.69) is 4.99 Å². The lowest BCUT2D eigenvalue weighted by atomic mass is 9.82. The molecular weight excluding hydrogens is 415 g/mol. The van der Waals surface area contributed by atoms with E-state index in [0.29, 0.717) is 35.3 Å². The number of aryl methyl sites for hydroxylation is 1. The van der Waals surface area contributed by atoms with E-state index in [1.165, 1.54) is 12.4 Å². The topological polar surface area (TPSA) is 120 Å². The SMILES string of the molecule is Cc1c(F)cc2nc3c(c4c2c1CC[C@@H]4N=CN)Cn1c-3cc2c(c1=O)COC(=O)[C@H]2O. The van der Waals surface area contributed by atoms with Crippen LogP contribution >= 0.6 is 0 Å². The summed E-state index contributed by atoms with van der Waals surface area (Å²) in [5.41, 5.74) is 10.5. The lowest BCUT2D eigenvalue weighted by Gasteiger charge is -2.26. The van der Waals surface area contributed by atoms with Gasteiger partial charge in [0.15, 0.2) is 6.10 Å². The molecule has 0 fully saturated rings. The first-order valence-corrected chi connectivity index (χ1v) is 10.4. The highest BCUT2D eigenvalue weighted by Crippen LogP contribution is 2.46. The molecule has 0 saturated heterocycles. The van der Waals surface area contributed by atoms with Crippen molar-refractivity contribution in [2.75, 3.05) is 0 Å². The van der Waals surface area contributed by atoms with E-state index < -0.39 is 12.1 Å². The number of esters is 1. The predicted octanol–water partition coefficient (Wildman–Crippen LogP) is 1.94. The van der Waals surface area contributed by atoms with Gasteiger partial charge >= 0.3 is 5.97 Å². The average molecular weight is 434 g/mol. The molecule has 3 aliphatic rings. The number of aliphatic hydroxyl groups is 1. The Morgan fingerprint density at radius 3 is 2.91 bits per heavy atom. The maximum atomic E-state index is 14.7. The Morgan fingerprint density at radius 2 is 2.12 bits per heavy atom. The minimum atomic E-state index is -1.53. The Bertz CT molecular complexity index is 1460. The molecule has 0 amide bonds. The summed E-state index contributed by atoms with van der Waals surface area (Å²) >= 11 is 0. The van der Waals surface area contributed by atoms with Crippen LogP contribution in [0, 0.1) is 12.7 Å². The number of halogens is 1. The van der Waals surface area contributed by atoms with Crippen LogP contribution in [0.5, 0.6) is 0 Å². The first kappa shape index (κ1) is 19.1. The number of hydrogen-bond donors (Lipinski definition) is 2. The molecule has 0 bridgehead atoms. The second kappa shape index (κ2) is 6.46. The summed E-state index contributed by atoms with van der Waals surface area (Å²) < 4.78 is 21.2. The highest BCUT2D eigenvalue weighted by molar-refractivity contribution is 5.93. The second-order valence-electron chi connectivity index (χ2n) is 8.43. The number of aliphatic imine (C=N–C) groups is 1. The van der Waals surface area contributed by atoms with Crippen molar-refractivity contribution >= 4 is 23.2 Å². The van der Waals surface area contributed by atoms with Crippen molar-refractivity contribution in [2.45, 2.75) is 45.1 Å². The zero-order valence-electron chi connectivity index (χ0n) is 17.2. The van der Waals surface area contributed by atoms with E-state index >= 15 is 0 Å². The number of aliphatic hydroxyl groups excluding tert-OH is 1. The van der Waals surface area contributed by atoms with Gasteiger partial charge in [-0.15, -0.1) is 0 Å². The number of aromatic nitrogens is 2. The highest BCUT2D eigenvalue weighted by Gasteiger charge is 2.37. The van der Waals surface area contributed by atoms with Crippen molar-refractivity contribution in [2.24, 2.45) is 10.7 Å². The van der Waals surface area contributed by atoms with Gasteiger partial charge in [0.2, 0.25) is 0 Å². The number of hydrogen-bond acceptors (Lipinski definition) is 6. The number of rotatable bonds is 1. The highest BCUT2D eigenvalue weighted by atomic mass is 19.1. The molecule has 0 saturated carbocycles. The minimum absolute atomic E-state index is 0.183. The van der Waals surface area contributed by atoms with Crippen LogP contribution in [0.1, 0.15) is 51.9 Å². The van der Waals surface area contributed by atoms with Crippen molar-refractivity contribution in [1.29, 1.82) is 0 Å². The number of carbonyl (C=O) groups is 1. The van der Waals surface area contributed by atoms with Gasteiger partial charge in [-0.1, -0.05) is 0 Å². The Morgan fingerprint density at radius 1 is 1.31 bits per heavy atom. The lowest BCUT2D eigenvalue weighted by Crippen LogP contribution is -2.32. The van der Waals surface area contributed by atoms with Gasteiger partial charge in [-0.05, 0) is 42.5 Å². The molecule has 3 N–H and O–H groups in total. The van der Waals surface area contributed by atoms with Crippen molar-refractivity contribution in [3.63, 3.8) is 0 Å². The molecule has 8 nitrogen and oxygen atoms in total. The third-order valence-electron chi connectivity index (χ3n) is 6.88. The summed E-state index contributed by atoms with van der Waals surface area (Å²) in [6.45, 7) is 1.85. The van der Waals surface area contributed by atoms with Gasteiger partial charge in [0, 0.05) is 22.6 Å². The molecule has 9 heteroatoms. The lowest BCUT2D eigenvalue weighted by molar-refractivity contribution is -0.157. The number of carbonyl (C=O) groups excluding carboxylic acids is 1. The van der Waals surface area contributed by atoms with E-state index in [1.807, 2.05) is 0 Å². The number of cyclic esters (lactones) is 1. The number of nitrogens with zero attached hydrogens (tertiary/aromatic N) is 3. The molecule has 2 aromatic heterocycles. The number of benzene rings is 1. The van der Waals surface area contributed by atoms with Gasteiger partial charge in [-0.2, -0.15) is 0 Å². The molecule has 6 rings (SSSR count). The molecule has 32 heavy (non-hydrogen) atoms. The van der Waals surface area contributed by atoms with Crippen LogP contribution in [0.15, 0.2) is 21.9 Å². The first-order chi connectivity index (χ1) is 15.4. The number of fused-ring (bicyclic) bond motifs is 5. The second-order valence-corrected chi connectivity index (χ2v) is 8.43. The molecule has 2 aliphatic heterocycles. The summed E-state index contributed by atoms with van der Waals surface area (Å²) in [4.78, 5) is 34.3. The summed E-state index contributed by atoms with van der Waals surface area (Å²) in [5, 5.41) is 11.2. The quantitative estimate of drug-likeness (QED) is 0.268. The third kappa shape index (κ3) is 2.34. The molecular formula is C23H19FN4O4. The molecule has 1 aromatic carbocycles. The van der Waals surface area contributed by atoms with Crippen LogP contribution in [0.25, 0.3) is 22.3 Å². The molecule has 162 valence electrons. The van der Waals surface area contributed by atoms with E-state index in [-0.39, 0.29) is 41.7 Å². The number of nitrogens with two attached hydrogens (primary N) is 1. The van der Waals surface area contributed by atoms with Crippen molar-refractivity contribution in [1.82, 2.24) is 9.55 Å². The van der Waals surface area contributed by atoms with Gasteiger partial charge in [-0.3, -0.25) is 9.79 Å². The maximum Gasteiger partial charge on any atom is 0.340 e. The first-order valence-electron chi connectivity index (χ1n) is 10.4. The van der Waals surface area contributed by atoms with Crippen molar-refractivity contribution in [3.8, 4) is 11.4 Å². The van der Waals surface area contributed by atoms with E-state index in [4.69, 9.17) is 15.5 Å². The normalized spacial score (nSPS) is 20.9. The molecule has 3 aromatic rings. The zero-order valence-corrected chi connectivity index (χ0v) is 17.2. The summed E-state index contributed by atoms with van der Waals surface area (Å²) in [6, 6.07) is 2.80. The Hall–Kier alpha value is -3.59. The Kier molecular flexibility index (Phi) is 3.86. The van der Waals surface area contributed by atoms with Crippen LogP contribution in [0.4, 0.5) is 4.39 Å². The summed E-state index contributed by atoms with van der Waals surface area (Å²) in [5.74, 6) is -1.12. The minimum Gasteiger partial charge on any atom is -0.458 e.